The van der Waals surface area contributed by atoms with Gasteiger partial charge in [-0.3, -0.25) is 10.1 Å². The minimum absolute atomic E-state index is 0.265. The molecule has 0 aliphatic heterocycles. The molecule has 0 heterocycles. The summed E-state index contributed by atoms with van der Waals surface area (Å²) in [5.41, 5.74) is 0. The second-order valence-corrected chi connectivity index (χ2v) is 4.92. The maximum absolute atomic E-state index is 10.4. The van der Waals surface area contributed by atoms with Gasteiger partial charge in [-0.2, -0.15) is 0 Å². The number of nitro groups is 1. The lowest BCUT2D eigenvalue weighted by Crippen LogP contribution is -2.26. The van der Waals surface area contributed by atoms with E-state index in [1.165, 1.54) is 6.42 Å². The third-order valence-electron chi connectivity index (χ3n) is 1.87. The van der Waals surface area contributed by atoms with Crippen LogP contribution in [-0.4, -0.2) is 9.37 Å². The van der Waals surface area contributed by atoms with Gasteiger partial charge in [-0.05, 0) is 22.4 Å². The first-order chi connectivity index (χ1) is 5.50. The van der Waals surface area contributed by atoms with Gasteiger partial charge in [-0.25, -0.2) is 0 Å². The molecule has 0 aliphatic carbocycles. The summed E-state index contributed by atoms with van der Waals surface area (Å²) >= 11 is 3.10. The zero-order valence-corrected chi connectivity index (χ0v) is 9.26. The third kappa shape index (κ3) is 4.70. The minimum Gasteiger partial charge on any atom is -0.263 e. The zero-order valence-electron chi connectivity index (χ0n) is 7.68. The average molecular weight is 238 g/mol. The van der Waals surface area contributed by atoms with Crippen molar-refractivity contribution in [3.8, 4) is 0 Å². The third-order valence-corrected chi connectivity index (χ3v) is 2.55. The van der Waals surface area contributed by atoms with E-state index in [4.69, 9.17) is 0 Å². The van der Waals surface area contributed by atoms with Crippen LogP contribution in [0.5, 0.6) is 0 Å². The summed E-state index contributed by atoms with van der Waals surface area (Å²) in [6.07, 6.45) is 4.96. The molecule has 1 unspecified atom stereocenters. The van der Waals surface area contributed by atoms with Crippen molar-refractivity contribution >= 4 is 15.9 Å². The molecular formula is C8H16BrNO2. The van der Waals surface area contributed by atoms with Gasteiger partial charge in [0.1, 0.15) is 0 Å². The SMILES string of the molecule is CCCCCCC(C)(Br)[N+](=O)[O-]. The van der Waals surface area contributed by atoms with Gasteiger partial charge in [0.05, 0.1) is 0 Å². The number of halogens is 1. The lowest BCUT2D eigenvalue weighted by Gasteiger charge is -2.12. The highest BCUT2D eigenvalue weighted by Gasteiger charge is 2.31. The van der Waals surface area contributed by atoms with Crippen molar-refractivity contribution in [1.82, 2.24) is 0 Å². The lowest BCUT2D eigenvalue weighted by atomic mass is 10.1. The van der Waals surface area contributed by atoms with Crippen LogP contribution in [0, 0.1) is 10.1 Å². The summed E-state index contributed by atoms with van der Waals surface area (Å²) in [4.78, 5) is 10.2. The van der Waals surface area contributed by atoms with Crippen molar-refractivity contribution in [2.75, 3.05) is 0 Å². The Kier molecular flexibility index (Phi) is 5.46. The molecule has 3 nitrogen and oxygen atoms in total. The van der Waals surface area contributed by atoms with E-state index < -0.39 is 4.45 Å². The van der Waals surface area contributed by atoms with Crippen LogP contribution in [0.2, 0.25) is 0 Å². The quantitative estimate of drug-likeness (QED) is 0.234. The van der Waals surface area contributed by atoms with Crippen LogP contribution in [-0.2, 0) is 0 Å². The number of rotatable bonds is 6. The topological polar surface area (TPSA) is 43.1 Å². The molecule has 1 atom stereocenters. The molecule has 0 aromatic heterocycles. The summed E-state index contributed by atoms with van der Waals surface area (Å²) in [6.45, 7) is 3.74. The Hall–Kier alpha value is -0.120. The Morgan fingerprint density at radius 3 is 2.42 bits per heavy atom. The summed E-state index contributed by atoms with van der Waals surface area (Å²) in [6, 6.07) is 0. The van der Waals surface area contributed by atoms with Crippen LogP contribution in [0.4, 0.5) is 0 Å². The van der Waals surface area contributed by atoms with E-state index in [9.17, 15) is 10.1 Å². The summed E-state index contributed by atoms with van der Waals surface area (Å²) < 4.78 is -0.916. The fourth-order valence-electron chi connectivity index (χ4n) is 0.966. The molecule has 72 valence electrons. The molecule has 0 saturated carbocycles. The highest BCUT2D eigenvalue weighted by atomic mass is 79.9. The fraction of sp³-hybridized carbons (Fsp3) is 1.00. The highest BCUT2D eigenvalue weighted by molar-refractivity contribution is 9.10. The molecule has 0 aromatic rings. The first-order valence-electron chi connectivity index (χ1n) is 4.34. The van der Waals surface area contributed by atoms with Gasteiger partial charge in [0.25, 0.3) is 4.45 Å². The van der Waals surface area contributed by atoms with E-state index in [1.807, 2.05) is 0 Å². The molecule has 12 heavy (non-hydrogen) atoms. The normalized spacial score (nSPS) is 15.6. The number of hydrogen-bond donors (Lipinski definition) is 0. The molecule has 0 amide bonds. The molecule has 0 fully saturated rings. The minimum atomic E-state index is -0.916. The average Bonchev–Trinajstić information content (AvgIpc) is 1.98. The predicted octanol–water partition coefficient (Wildman–Crippen LogP) is 3.34. The molecular weight excluding hydrogens is 222 g/mol. The van der Waals surface area contributed by atoms with Gasteiger partial charge < -0.3 is 0 Å². The monoisotopic (exact) mass is 237 g/mol. The van der Waals surface area contributed by atoms with Crippen LogP contribution >= 0.6 is 15.9 Å². The van der Waals surface area contributed by atoms with Gasteiger partial charge in [-0.15, -0.1) is 0 Å². The molecule has 0 rings (SSSR count). The molecule has 0 N–H and O–H groups in total. The van der Waals surface area contributed by atoms with Gasteiger partial charge in [0.15, 0.2) is 0 Å². The maximum atomic E-state index is 10.4. The number of alkyl halides is 1. The summed E-state index contributed by atoms with van der Waals surface area (Å²) in [5.74, 6) is 0. The Morgan fingerprint density at radius 1 is 1.42 bits per heavy atom. The van der Waals surface area contributed by atoms with Crippen molar-refractivity contribution in [1.29, 1.82) is 0 Å². The lowest BCUT2D eigenvalue weighted by molar-refractivity contribution is -0.531. The number of nitrogens with zero attached hydrogens (tertiary/aromatic N) is 1. The van der Waals surface area contributed by atoms with Gasteiger partial charge in [0, 0.05) is 18.3 Å². The van der Waals surface area contributed by atoms with E-state index in [1.54, 1.807) is 6.92 Å². The summed E-state index contributed by atoms with van der Waals surface area (Å²) in [5, 5.41) is 10.4. The first-order valence-corrected chi connectivity index (χ1v) is 5.13. The van der Waals surface area contributed by atoms with Crippen LogP contribution in [0.25, 0.3) is 0 Å². The van der Waals surface area contributed by atoms with E-state index in [2.05, 4.69) is 22.9 Å². The maximum Gasteiger partial charge on any atom is 0.271 e. The molecule has 0 saturated heterocycles. The van der Waals surface area contributed by atoms with Crippen LogP contribution in [0.15, 0.2) is 0 Å². The van der Waals surface area contributed by atoms with E-state index in [0.29, 0.717) is 6.42 Å². The first kappa shape index (κ1) is 11.9. The van der Waals surface area contributed by atoms with Crippen LogP contribution in [0.3, 0.4) is 0 Å². The Morgan fingerprint density at radius 2 is 2.00 bits per heavy atom. The van der Waals surface area contributed by atoms with Crippen molar-refractivity contribution in [2.24, 2.45) is 0 Å². The van der Waals surface area contributed by atoms with E-state index in [-0.39, 0.29) is 4.92 Å². The Labute approximate surface area is 81.8 Å². The zero-order chi connectivity index (χ0) is 9.61. The highest BCUT2D eigenvalue weighted by Crippen LogP contribution is 2.25. The molecule has 0 radical (unpaired) electrons. The second kappa shape index (κ2) is 5.51. The van der Waals surface area contributed by atoms with E-state index in [0.717, 1.165) is 19.3 Å². The molecule has 0 spiro atoms. The fourth-order valence-corrected chi connectivity index (χ4v) is 1.25. The van der Waals surface area contributed by atoms with Crippen molar-refractivity contribution in [3.05, 3.63) is 10.1 Å². The summed E-state index contributed by atoms with van der Waals surface area (Å²) in [7, 11) is 0. The molecule has 0 aliphatic rings. The van der Waals surface area contributed by atoms with Crippen molar-refractivity contribution in [3.63, 3.8) is 0 Å². The van der Waals surface area contributed by atoms with Gasteiger partial charge >= 0.3 is 0 Å². The second-order valence-electron chi connectivity index (χ2n) is 3.21. The number of unbranched alkanes of at least 4 members (excludes halogenated alkanes) is 3. The smallest absolute Gasteiger partial charge is 0.263 e. The predicted molar refractivity (Wildman–Crippen MR) is 53.1 cm³/mol. The van der Waals surface area contributed by atoms with Crippen LogP contribution in [0.1, 0.15) is 46.0 Å². The largest absolute Gasteiger partial charge is 0.271 e. The van der Waals surface area contributed by atoms with Crippen molar-refractivity contribution < 1.29 is 4.92 Å². The van der Waals surface area contributed by atoms with E-state index >= 15 is 0 Å². The standard InChI is InChI=1S/C8H16BrNO2/c1-3-4-5-6-7-8(2,9)10(11)12/h3-7H2,1-2H3. The van der Waals surface area contributed by atoms with Gasteiger partial charge in [-0.1, -0.05) is 26.2 Å². The molecule has 0 bridgehead atoms. The Bertz CT molecular complexity index is 148. The Balaban J connectivity index is 3.54. The van der Waals surface area contributed by atoms with Crippen molar-refractivity contribution in [2.45, 2.75) is 50.4 Å². The number of hydrogen-bond acceptors (Lipinski definition) is 2. The van der Waals surface area contributed by atoms with Gasteiger partial charge in [0.2, 0.25) is 0 Å². The molecule has 4 heteroatoms. The molecule has 0 aromatic carbocycles. The van der Waals surface area contributed by atoms with Crippen LogP contribution < -0.4 is 0 Å².